The van der Waals surface area contributed by atoms with Gasteiger partial charge in [-0.3, -0.25) is 4.79 Å². The number of hydrogen-bond acceptors (Lipinski definition) is 4. The van der Waals surface area contributed by atoms with Crippen LogP contribution in [-0.2, 0) is 9.53 Å². The summed E-state index contributed by atoms with van der Waals surface area (Å²) in [6.07, 6.45) is -0.434. The van der Waals surface area contributed by atoms with Crippen molar-refractivity contribution in [3.8, 4) is 5.75 Å². The molecule has 0 unspecified atom stereocenters. The summed E-state index contributed by atoms with van der Waals surface area (Å²) in [6, 6.07) is 15.2. The maximum absolute atomic E-state index is 12.9. The number of aryl methyl sites for hydroxylation is 1. The summed E-state index contributed by atoms with van der Waals surface area (Å²) in [7, 11) is 0. The van der Waals surface area contributed by atoms with Gasteiger partial charge in [0.25, 0.3) is 5.91 Å². The molecule has 26 heavy (non-hydrogen) atoms. The summed E-state index contributed by atoms with van der Waals surface area (Å²) in [5.74, 6) is 0.614. The highest BCUT2D eigenvalue weighted by atomic mass is 16.5. The van der Waals surface area contributed by atoms with Crippen molar-refractivity contribution >= 4 is 5.91 Å². The smallest absolute Gasteiger partial charge is 0.261 e. The second kappa shape index (κ2) is 8.34. The zero-order chi connectivity index (χ0) is 18.5. The molecule has 0 radical (unpaired) electrons. The van der Waals surface area contributed by atoms with Crippen molar-refractivity contribution in [2.45, 2.75) is 26.0 Å². The molecule has 0 bridgehead atoms. The second-order valence-corrected chi connectivity index (χ2v) is 6.52. The van der Waals surface area contributed by atoms with Crippen LogP contribution < -0.4 is 4.74 Å². The molecule has 1 heterocycles. The van der Waals surface area contributed by atoms with Crippen LogP contribution in [0.2, 0.25) is 0 Å². The molecule has 1 N–H and O–H groups in total. The van der Waals surface area contributed by atoms with Crippen molar-refractivity contribution in [3.05, 3.63) is 65.2 Å². The molecule has 2 atom stereocenters. The Balaban J connectivity index is 1.76. The van der Waals surface area contributed by atoms with Gasteiger partial charge in [-0.15, -0.1) is 0 Å². The van der Waals surface area contributed by atoms with Crippen LogP contribution in [0, 0.1) is 13.8 Å². The van der Waals surface area contributed by atoms with Crippen LogP contribution in [0.15, 0.2) is 48.5 Å². The highest BCUT2D eigenvalue weighted by Crippen LogP contribution is 2.30. The average Bonchev–Trinajstić information content (AvgIpc) is 2.69. The number of ether oxygens (including phenoxy) is 2. The first-order valence-corrected chi connectivity index (χ1v) is 8.87. The molecule has 2 aromatic rings. The van der Waals surface area contributed by atoms with Crippen LogP contribution in [0.1, 0.15) is 22.7 Å². The Kier molecular flexibility index (Phi) is 5.91. The van der Waals surface area contributed by atoms with Gasteiger partial charge in [0.05, 0.1) is 19.3 Å². The Hall–Kier alpha value is -2.37. The van der Waals surface area contributed by atoms with E-state index in [0.717, 1.165) is 22.4 Å². The lowest BCUT2D eigenvalue weighted by molar-refractivity contribution is -0.152. The van der Waals surface area contributed by atoms with Crippen molar-refractivity contribution in [3.63, 3.8) is 0 Å². The molecule has 1 saturated heterocycles. The van der Waals surface area contributed by atoms with Crippen molar-refractivity contribution in [2.24, 2.45) is 0 Å². The maximum Gasteiger partial charge on any atom is 0.261 e. The van der Waals surface area contributed by atoms with Gasteiger partial charge in [-0.25, -0.2) is 0 Å². The summed E-state index contributed by atoms with van der Waals surface area (Å²) >= 11 is 0. The molecule has 1 fully saturated rings. The third-order valence-electron chi connectivity index (χ3n) is 4.90. The van der Waals surface area contributed by atoms with E-state index in [1.54, 1.807) is 4.90 Å². The molecule has 2 aromatic carbocycles. The van der Waals surface area contributed by atoms with E-state index in [0.29, 0.717) is 13.2 Å². The van der Waals surface area contributed by atoms with E-state index in [4.69, 9.17) is 9.47 Å². The fourth-order valence-corrected chi connectivity index (χ4v) is 3.31. The Morgan fingerprint density at radius 3 is 2.69 bits per heavy atom. The van der Waals surface area contributed by atoms with Crippen LogP contribution in [-0.4, -0.2) is 48.4 Å². The number of hydrogen-bond donors (Lipinski definition) is 1. The summed E-state index contributed by atoms with van der Waals surface area (Å²) in [6.45, 7) is 4.71. The van der Waals surface area contributed by atoms with E-state index >= 15 is 0 Å². The van der Waals surface area contributed by atoms with Gasteiger partial charge in [0, 0.05) is 6.54 Å². The first-order chi connectivity index (χ1) is 12.6. The van der Waals surface area contributed by atoms with E-state index in [-0.39, 0.29) is 25.2 Å². The van der Waals surface area contributed by atoms with Gasteiger partial charge in [0.1, 0.15) is 11.9 Å². The van der Waals surface area contributed by atoms with Gasteiger partial charge in [0.15, 0.2) is 6.61 Å². The lowest BCUT2D eigenvalue weighted by Crippen LogP contribution is -2.50. The number of aliphatic hydroxyl groups is 1. The van der Waals surface area contributed by atoms with Crippen molar-refractivity contribution in [1.82, 2.24) is 4.90 Å². The molecule has 5 heteroatoms. The third-order valence-corrected chi connectivity index (χ3v) is 4.90. The third kappa shape index (κ3) is 3.89. The fraction of sp³-hybridized carbons (Fsp3) is 0.381. The predicted octanol–water partition coefficient (Wildman–Crippen LogP) is 2.64. The molecule has 0 aromatic heterocycles. The number of rotatable bonds is 5. The summed E-state index contributed by atoms with van der Waals surface area (Å²) in [5, 5.41) is 9.70. The van der Waals surface area contributed by atoms with E-state index in [2.05, 4.69) is 0 Å². The molecule has 1 aliphatic heterocycles. The quantitative estimate of drug-likeness (QED) is 0.896. The number of aliphatic hydroxyl groups excluding tert-OH is 1. The second-order valence-electron chi connectivity index (χ2n) is 6.52. The SMILES string of the molecule is Cc1cccc(OCC(=O)N2CCO[C@H](CO)[C@H]2c2ccccc2)c1C. The highest BCUT2D eigenvalue weighted by molar-refractivity contribution is 5.78. The molecule has 0 spiro atoms. The lowest BCUT2D eigenvalue weighted by Gasteiger charge is -2.40. The Bertz CT molecular complexity index is 747. The van der Waals surface area contributed by atoms with Gasteiger partial charge in [0.2, 0.25) is 0 Å². The largest absolute Gasteiger partial charge is 0.483 e. The van der Waals surface area contributed by atoms with Crippen LogP contribution >= 0.6 is 0 Å². The monoisotopic (exact) mass is 355 g/mol. The number of nitrogens with zero attached hydrogens (tertiary/aromatic N) is 1. The maximum atomic E-state index is 12.9. The zero-order valence-electron chi connectivity index (χ0n) is 15.2. The predicted molar refractivity (Wildman–Crippen MR) is 99.1 cm³/mol. The van der Waals surface area contributed by atoms with Crippen LogP contribution in [0.25, 0.3) is 0 Å². The summed E-state index contributed by atoms with van der Waals surface area (Å²) in [4.78, 5) is 14.6. The van der Waals surface area contributed by atoms with Crippen LogP contribution in [0.3, 0.4) is 0 Å². The number of benzene rings is 2. The first kappa shape index (κ1) is 18.4. The van der Waals surface area contributed by atoms with Gasteiger partial charge in [-0.1, -0.05) is 42.5 Å². The van der Waals surface area contributed by atoms with Crippen molar-refractivity contribution < 1.29 is 19.4 Å². The van der Waals surface area contributed by atoms with Gasteiger partial charge >= 0.3 is 0 Å². The summed E-state index contributed by atoms with van der Waals surface area (Å²) < 4.78 is 11.5. The lowest BCUT2D eigenvalue weighted by atomic mass is 9.98. The van der Waals surface area contributed by atoms with E-state index in [1.165, 1.54) is 0 Å². The first-order valence-electron chi connectivity index (χ1n) is 8.87. The average molecular weight is 355 g/mol. The molecular weight excluding hydrogens is 330 g/mol. The molecule has 1 aliphatic rings. The van der Waals surface area contributed by atoms with E-state index in [1.807, 2.05) is 62.4 Å². The molecule has 3 rings (SSSR count). The number of carbonyl (C=O) groups is 1. The number of morpholine rings is 1. The minimum atomic E-state index is -0.434. The molecule has 1 amide bonds. The Labute approximate surface area is 154 Å². The van der Waals surface area contributed by atoms with E-state index in [9.17, 15) is 9.90 Å². The van der Waals surface area contributed by atoms with Crippen LogP contribution in [0.5, 0.6) is 5.75 Å². The molecular formula is C21H25NO4. The minimum absolute atomic E-state index is 0.0359. The highest BCUT2D eigenvalue weighted by Gasteiger charge is 2.36. The van der Waals surface area contributed by atoms with Gasteiger partial charge in [-0.2, -0.15) is 0 Å². The van der Waals surface area contributed by atoms with Gasteiger partial charge < -0.3 is 19.5 Å². The minimum Gasteiger partial charge on any atom is -0.483 e. The molecule has 138 valence electrons. The topological polar surface area (TPSA) is 59.0 Å². The van der Waals surface area contributed by atoms with E-state index < -0.39 is 6.10 Å². The fourth-order valence-electron chi connectivity index (χ4n) is 3.31. The summed E-state index contributed by atoms with van der Waals surface area (Å²) in [5.41, 5.74) is 3.12. The molecule has 0 aliphatic carbocycles. The standard InChI is InChI=1S/C21H25NO4/c1-15-7-6-10-18(16(15)2)26-14-20(24)22-11-12-25-19(13-23)21(22)17-8-4-3-5-9-17/h3-10,19,21,23H,11-14H2,1-2H3/t19-,21-/m1/s1. The van der Waals surface area contributed by atoms with Crippen molar-refractivity contribution in [2.75, 3.05) is 26.4 Å². The zero-order valence-corrected chi connectivity index (χ0v) is 15.2. The van der Waals surface area contributed by atoms with Crippen molar-refractivity contribution in [1.29, 1.82) is 0 Å². The normalized spacial score (nSPS) is 20.0. The van der Waals surface area contributed by atoms with Crippen LogP contribution in [0.4, 0.5) is 0 Å². The number of amides is 1. The Morgan fingerprint density at radius 1 is 1.19 bits per heavy atom. The van der Waals surface area contributed by atoms with Gasteiger partial charge in [-0.05, 0) is 36.6 Å². The Morgan fingerprint density at radius 2 is 1.96 bits per heavy atom. The molecule has 0 saturated carbocycles. The molecule has 5 nitrogen and oxygen atoms in total. The number of carbonyl (C=O) groups excluding carboxylic acids is 1.